The van der Waals surface area contributed by atoms with Gasteiger partial charge < -0.3 is 9.84 Å². The summed E-state index contributed by atoms with van der Waals surface area (Å²) in [6, 6.07) is 6.12. The molecule has 0 unspecified atom stereocenters. The molecule has 1 aromatic heterocycles. The van der Waals surface area contributed by atoms with Gasteiger partial charge in [-0.05, 0) is 43.5 Å². The molecule has 0 aliphatic carbocycles. The summed E-state index contributed by atoms with van der Waals surface area (Å²) in [5.74, 6) is 0.984. The topological polar surface area (TPSA) is 42.4 Å². The molecule has 1 aromatic carbocycles. The third kappa shape index (κ3) is 1.89. The van der Waals surface area contributed by atoms with Crippen molar-refractivity contribution >= 4 is 11.3 Å². The first-order valence-corrected chi connectivity index (χ1v) is 6.48. The molecule has 0 spiro atoms. The smallest absolute Gasteiger partial charge is 0.195 e. The minimum atomic E-state index is 0.300. The van der Waals surface area contributed by atoms with Gasteiger partial charge in [0.15, 0.2) is 5.06 Å². The van der Waals surface area contributed by atoms with E-state index in [1.54, 1.807) is 0 Å². The molecule has 0 amide bonds. The highest BCUT2D eigenvalue weighted by Gasteiger charge is 2.13. The largest absolute Gasteiger partial charge is 0.498 e. The van der Waals surface area contributed by atoms with Crippen molar-refractivity contribution in [1.82, 2.24) is 4.98 Å². The van der Waals surface area contributed by atoms with Crippen LogP contribution < -0.4 is 4.74 Å². The summed E-state index contributed by atoms with van der Waals surface area (Å²) in [7, 11) is 0. The summed E-state index contributed by atoms with van der Waals surface area (Å²) in [5, 5.41) is 10.7. The fourth-order valence-electron chi connectivity index (χ4n) is 2.01. The summed E-state index contributed by atoms with van der Waals surface area (Å²) in [6.45, 7) is 2.63. The molecular formula is C13H13NO2S. The average molecular weight is 247 g/mol. The Morgan fingerprint density at radius 3 is 3.06 bits per heavy atom. The molecule has 0 radical (unpaired) electrons. The molecule has 0 saturated heterocycles. The Labute approximate surface area is 104 Å². The van der Waals surface area contributed by atoms with E-state index < -0.39 is 0 Å². The van der Waals surface area contributed by atoms with E-state index in [1.807, 2.05) is 19.1 Å². The third-order valence-electron chi connectivity index (χ3n) is 2.93. The number of hydrogen-bond acceptors (Lipinski definition) is 4. The zero-order chi connectivity index (χ0) is 11.8. The zero-order valence-corrected chi connectivity index (χ0v) is 10.4. The van der Waals surface area contributed by atoms with Crippen LogP contribution in [-0.4, -0.2) is 16.7 Å². The molecule has 1 aliphatic rings. The summed E-state index contributed by atoms with van der Waals surface area (Å²) >= 11 is 1.32. The number of aromatic hydroxyl groups is 1. The molecule has 0 atom stereocenters. The van der Waals surface area contributed by atoms with Crippen molar-refractivity contribution in [2.24, 2.45) is 0 Å². The van der Waals surface area contributed by atoms with Crippen molar-refractivity contribution in [1.29, 1.82) is 0 Å². The molecule has 0 bridgehead atoms. The Morgan fingerprint density at radius 2 is 2.29 bits per heavy atom. The van der Waals surface area contributed by atoms with Crippen LogP contribution in [0.15, 0.2) is 18.2 Å². The van der Waals surface area contributed by atoms with Gasteiger partial charge in [0.25, 0.3) is 0 Å². The van der Waals surface area contributed by atoms with Crippen molar-refractivity contribution in [2.75, 3.05) is 6.61 Å². The number of fused-ring (bicyclic) bond motifs is 1. The normalized spacial score (nSPS) is 14.2. The molecule has 0 fully saturated rings. The minimum absolute atomic E-state index is 0.300. The number of aromatic nitrogens is 1. The highest BCUT2D eigenvalue weighted by molar-refractivity contribution is 7.16. The molecular weight excluding hydrogens is 234 g/mol. The number of ether oxygens (including phenoxy) is 1. The lowest BCUT2D eigenvalue weighted by molar-refractivity contribution is 0.288. The molecule has 4 heteroatoms. The van der Waals surface area contributed by atoms with Gasteiger partial charge in [0.2, 0.25) is 0 Å². The van der Waals surface area contributed by atoms with Crippen molar-refractivity contribution in [2.45, 2.75) is 19.8 Å². The van der Waals surface area contributed by atoms with Crippen molar-refractivity contribution in [3.63, 3.8) is 0 Å². The van der Waals surface area contributed by atoms with Crippen LogP contribution in [0.1, 0.15) is 17.7 Å². The van der Waals surface area contributed by atoms with Gasteiger partial charge in [0.05, 0.1) is 12.3 Å². The predicted molar refractivity (Wildman–Crippen MR) is 67.8 cm³/mol. The van der Waals surface area contributed by atoms with Crippen LogP contribution in [0, 0.1) is 6.92 Å². The van der Waals surface area contributed by atoms with Crippen LogP contribution in [0.25, 0.3) is 10.6 Å². The average Bonchev–Trinajstić information content (AvgIpc) is 2.69. The van der Waals surface area contributed by atoms with Gasteiger partial charge in [0.1, 0.15) is 10.8 Å². The van der Waals surface area contributed by atoms with Gasteiger partial charge in [0, 0.05) is 5.56 Å². The van der Waals surface area contributed by atoms with Crippen LogP contribution in [0.3, 0.4) is 0 Å². The zero-order valence-electron chi connectivity index (χ0n) is 9.56. The first kappa shape index (κ1) is 10.6. The fraction of sp³-hybridized carbons (Fsp3) is 0.308. The second kappa shape index (κ2) is 4.04. The summed E-state index contributed by atoms with van der Waals surface area (Å²) < 4.78 is 5.58. The number of aryl methyl sites for hydroxylation is 2. The molecule has 2 heterocycles. The second-order valence-corrected chi connectivity index (χ2v) is 5.16. The Hall–Kier alpha value is -1.55. The minimum Gasteiger partial charge on any atom is -0.498 e. The highest BCUT2D eigenvalue weighted by atomic mass is 32.1. The molecule has 17 heavy (non-hydrogen) atoms. The molecule has 0 saturated carbocycles. The standard InChI is InChI=1S/C13H13NO2S/c1-8-13(15)17-12(14-8)10-4-5-11-9(7-10)3-2-6-16-11/h4-5,7,15H,2-3,6H2,1H3. The Balaban J connectivity index is 2.03. The second-order valence-electron chi connectivity index (χ2n) is 4.18. The van der Waals surface area contributed by atoms with Crippen LogP contribution in [0.4, 0.5) is 0 Å². The monoisotopic (exact) mass is 247 g/mol. The number of benzene rings is 1. The number of rotatable bonds is 1. The predicted octanol–water partition coefficient (Wildman–Crippen LogP) is 3.15. The van der Waals surface area contributed by atoms with Crippen LogP contribution in [0.2, 0.25) is 0 Å². The molecule has 1 N–H and O–H groups in total. The first-order valence-electron chi connectivity index (χ1n) is 5.66. The van der Waals surface area contributed by atoms with E-state index >= 15 is 0 Å². The molecule has 2 aromatic rings. The number of nitrogens with zero attached hydrogens (tertiary/aromatic N) is 1. The van der Waals surface area contributed by atoms with E-state index in [0.717, 1.165) is 35.8 Å². The van der Waals surface area contributed by atoms with E-state index in [1.165, 1.54) is 16.9 Å². The van der Waals surface area contributed by atoms with Crippen molar-refractivity contribution in [3.05, 3.63) is 29.5 Å². The lowest BCUT2D eigenvalue weighted by Crippen LogP contribution is -2.07. The molecule has 3 nitrogen and oxygen atoms in total. The first-order chi connectivity index (χ1) is 8.24. The van der Waals surface area contributed by atoms with E-state index in [4.69, 9.17) is 4.74 Å². The Kier molecular flexibility index (Phi) is 2.52. The van der Waals surface area contributed by atoms with Gasteiger partial charge in [-0.25, -0.2) is 4.98 Å². The van der Waals surface area contributed by atoms with Crippen LogP contribution >= 0.6 is 11.3 Å². The summed E-state index contributed by atoms with van der Waals surface area (Å²) in [5.41, 5.74) is 2.99. The van der Waals surface area contributed by atoms with E-state index in [-0.39, 0.29) is 0 Å². The van der Waals surface area contributed by atoms with E-state index in [2.05, 4.69) is 11.1 Å². The molecule has 1 aliphatic heterocycles. The quantitative estimate of drug-likeness (QED) is 0.841. The van der Waals surface area contributed by atoms with Crippen molar-refractivity contribution < 1.29 is 9.84 Å². The summed E-state index contributed by atoms with van der Waals surface area (Å²) in [6.07, 6.45) is 2.12. The Morgan fingerprint density at radius 1 is 1.41 bits per heavy atom. The van der Waals surface area contributed by atoms with E-state index in [0.29, 0.717) is 10.8 Å². The maximum absolute atomic E-state index is 9.57. The fourth-order valence-corrected chi connectivity index (χ4v) is 2.81. The SMILES string of the molecule is Cc1nc(-c2ccc3c(c2)CCCO3)sc1O. The number of hydrogen-bond donors (Lipinski definition) is 1. The lowest BCUT2D eigenvalue weighted by Gasteiger charge is -2.17. The summed E-state index contributed by atoms with van der Waals surface area (Å²) in [4.78, 5) is 4.36. The maximum Gasteiger partial charge on any atom is 0.195 e. The Bertz CT molecular complexity index is 543. The maximum atomic E-state index is 9.57. The molecule has 88 valence electrons. The van der Waals surface area contributed by atoms with Gasteiger partial charge in [-0.15, -0.1) is 0 Å². The van der Waals surface area contributed by atoms with Crippen molar-refractivity contribution in [3.8, 4) is 21.4 Å². The van der Waals surface area contributed by atoms with Crippen LogP contribution in [0.5, 0.6) is 10.8 Å². The number of thiazole rings is 1. The van der Waals surface area contributed by atoms with Gasteiger partial charge in [-0.1, -0.05) is 11.3 Å². The third-order valence-corrected chi connectivity index (χ3v) is 3.94. The van der Waals surface area contributed by atoms with Crippen LogP contribution in [-0.2, 0) is 6.42 Å². The lowest BCUT2D eigenvalue weighted by atomic mass is 10.0. The highest BCUT2D eigenvalue weighted by Crippen LogP contribution is 2.35. The van der Waals surface area contributed by atoms with Gasteiger partial charge in [-0.3, -0.25) is 0 Å². The van der Waals surface area contributed by atoms with Gasteiger partial charge in [-0.2, -0.15) is 0 Å². The molecule has 3 rings (SSSR count). The van der Waals surface area contributed by atoms with E-state index in [9.17, 15) is 5.11 Å². The van der Waals surface area contributed by atoms with Gasteiger partial charge >= 0.3 is 0 Å².